The van der Waals surface area contributed by atoms with Crippen LogP contribution in [0, 0.1) is 0 Å². The standard InChI is InChI=1S/C17H24N2/c1-5-14(4)12-19-10-9-16-15(11-18-13(2)3)7-6-8-17(16)19/h6-10,13,18H,4-5,11-12H2,1-3H3. The van der Waals surface area contributed by atoms with Crippen molar-refractivity contribution < 1.29 is 0 Å². The van der Waals surface area contributed by atoms with Crippen molar-refractivity contribution in [3.63, 3.8) is 0 Å². The number of nitrogens with one attached hydrogen (secondary N) is 1. The van der Waals surface area contributed by atoms with Gasteiger partial charge in [0.05, 0.1) is 0 Å². The number of nitrogens with zero attached hydrogens (tertiary/aromatic N) is 1. The lowest BCUT2D eigenvalue weighted by Crippen LogP contribution is -2.21. The Morgan fingerprint density at radius 2 is 2.11 bits per heavy atom. The maximum atomic E-state index is 4.10. The molecule has 0 fully saturated rings. The van der Waals surface area contributed by atoms with E-state index < -0.39 is 0 Å². The summed E-state index contributed by atoms with van der Waals surface area (Å²) in [6, 6.07) is 9.27. The molecule has 102 valence electrons. The highest BCUT2D eigenvalue weighted by Crippen LogP contribution is 2.21. The van der Waals surface area contributed by atoms with Crippen LogP contribution < -0.4 is 5.32 Å². The van der Waals surface area contributed by atoms with Crippen molar-refractivity contribution in [3.05, 3.63) is 48.2 Å². The third-order valence-electron chi connectivity index (χ3n) is 3.50. The second kappa shape index (κ2) is 6.07. The van der Waals surface area contributed by atoms with E-state index in [1.165, 1.54) is 22.0 Å². The third-order valence-corrected chi connectivity index (χ3v) is 3.50. The van der Waals surface area contributed by atoms with E-state index in [0.29, 0.717) is 6.04 Å². The smallest absolute Gasteiger partial charge is 0.0486 e. The molecule has 0 radical (unpaired) electrons. The molecule has 0 amide bonds. The van der Waals surface area contributed by atoms with E-state index in [0.717, 1.165) is 19.5 Å². The van der Waals surface area contributed by atoms with Gasteiger partial charge in [-0.05, 0) is 24.1 Å². The Balaban J connectivity index is 2.28. The molecule has 1 heterocycles. The lowest BCUT2D eigenvalue weighted by molar-refractivity contribution is 0.590. The molecule has 1 aromatic carbocycles. The number of benzene rings is 1. The van der Waals surface area contributed by atoms with Crippen LogP contribution in [0.15, 0.2) is 42.6 Å². The van der Waals surface area contributed by atoms with E-state index >= 15 is 0 Å². The summed E-state index contributed by atoms with van der Waals surface area (Å²) in [5.41, 5.74) is 3.94. The molecule has 1 aromatic heterocycles. The summed E-state index contributed by atoms with van der Waals surface area (Å²) >= 11 is 0. The zero-order chi connectivity index (χ0) is 13.8. The second-order valence-electron chi connectivity index (χ2n) is 5.43. The number of hydrogen-bond acceptors (Lipinski definition) is 1. The summed E-state index contributed by atoms with van der Waals surface area (Å²) in [6.45, 7) is 12.5. The van der Waals surface area contributed by atoms with Crippen molar-refractivity contribution in [1.82, 2.24) is 9.88 Å². The molecule has 19 heavy (non-hydrogen) atoms. The Bertz CT molecular complexity index is 564. The van der Waals surface area contributed by atoms with Crippen LogP contribution in [0.2, 0.25) is 0 Å². The summed E-state index contributed by atoms with van der Waals surface area (Å²) in [5, 5.41) is 4.84. The fourth-order valence-corrected chi connectivity index (χ4v) is 2.25. The maximum Gasteiger partial charge on any atom is 0.0486 e. The Morgan fingerprint density at radius 3 is 2.79 bits per heavy atom. The number of allylic oxidation sites excluding steroid dienone is 1. The van der Waals surface area contributed by atoms with Crippen molar-refractivity contribution in [1.29, 1.82) is 0 Å². The van der Waals surface area contributed by atoms with Crippen molar-refractivity contribution in [2.45, 2.75) is 46.3 Å². The number of aromatic nitrogens is 1. The van der Waals surface area contributed by atoms with Crippen LogP contribution in [-0.4, -0.2) is 10.6 Å². The van der Waals surface area contributed by atoms with Gasteiger partial charge in [0.2, 0.25) is 0 Å². The minimum Gasteiger partial charge on any atom is -0.343 e. The molecule has 2 nitrogen and oxygen atoms in total. The van der Waals surface area contributed by atoms with Gasteiger partial charge in [-0.25, -0.2) is 0 Å². The highest BCUT2D eigenvalue weighted by molar-refractivity contribution is 5.83. The van der Waals surface area contributed by atoms with Gasteiger partial charge in [0.1, 0.15) is 0 Å². The van der Waals surface area contributed by atoms with Crippen LogP contribution in [0.3, 0.4) is 0 Å². The van der Waals surface area contributed by atoms with Crippen LogP contribution in [0.4, 0.5) is 0 Å². The Hall–Kier alpha value is -1.54. The lowest BCUT2D eigenvalue weighted by atomic mass is 10.1. The van der Waals surface area contributed by atoms with Crippen molar-refractivity contribution in [2.75, 3.05) is 0 Å². The molecule has 2 aromatic rings. The number of fused-ring (bicyclic) bond motifs is 1. The molecule has 0 bridgehead atoms. The van der Waals surface area contributed by atoms with Gasteiger partial charge in [-0.2, -0.15) is 0 Å². The third kappa shape index (κ3) is 3.27. The van der Waals surface area contributed by atoms with Gasteiger partial charge in [-0.1, -0.05) is 45.1 Å². The summed E-state index contributed by atoms with van der Waals surface area (Å²) < 4.78 is 2.29. The quantitative estimate of drug-likeness (QED) is 0.770. The topological polar surface area (TPSA) is 17.0 Å². The predicted molar refractivity (Wildman–Crippen MR) is 83.3 cm³/mol. The van der Waals surface area contributed by atoms with Gasteiger partial charge in [0.25, 0.3) is 0 Å². The molecule has 0 spiro atoms. The first-order valence-corrected chi connectivity index (χ1v) is 7.08. The monoisotopic (exact) mass is 256 g/mol. The zero-order valence-corrected chi connectivity index (χ0v) is 12.2. The molecule has 2 heteroatoms. The van der Waals surface area contributed by atoms with Gasteiger partial charge in [-0.15, -0.1) is 0 Å². The second-order valence-corrected chi connectivity index (χ2v) is 5.43. The number of hydrogen-bond donors (Lipinski definition) is 1. The first-order chi connectivity index (χ1) is 9.11. The molecule has 0 saturated carbocycles. The van der Waals surface area contributed by atoms with Crippen LogP contribution in [-0.2, 0) is 13.1 Å². The maximum absolute atomic E-state index is 4.10. The van der Waals surface area contributed by atoms with Crippen LogP contribution >= 0.6 is 0 Å². The first-order valence-electron chi connectivity index (χ1n) is 7.08. The SMILES string of the molecule is C=C(CC)Cn1ccc2c(CNC(C)C)cccc21. The van der Waals surface area contributed by atoms with Gasteiger partial charge in [0, 0.05) is 36.2 Å². The average Bonchev–Trinajstić information content (AvgIpc) is 2.80. The molecule has 0 atom stereocenters. The fourth-order valence-electron chi connectivity index (χ4n) is 2.25. The van der Waals surface area contributed by atoms with Crippen molar-refractivity contribution in [2.24, 2.45) is 0 Å². The van der Waals surface area contributed by atoms with Crippen LogP contribution in [0.25, 0.3) is 10.9 Å². The van der Waals surface area contributed by atoms with E-state index in [-0.39, 0.29) is 0 Å². The lowest BCUT2D eigenvalue weighted by Gasteiger charge is -2.10. The van der Waals surface area contributed by atoms with Gasteiger partial charge >= 0.3 is 0 Å². The highest BCUT2D eigenvalue weighted by Gasteiger charge is 2.06. The molecular formula is C17H24N2. The summed E-state index contributed by atoms with van der Waals surface area (Å²) in [6.07, 6.45) is 3.21. The largest absolute Gasteiger partial charge is 0.343 e. The zero-order valence-electron chi connectivity index (χ0n) is 12.2. The Labute approximate surface area is 116 Å². The molecule has 0 aliphatic carbocycles. The molecule has 0 saturated heterocycles. The van der Waals surface area contributed by atoms with Gasteiger partial charge in [-0.3, -0.25) is 0 Å². The molecule has 0 unspecified atom stereocenters. The fraction of sp³-hybridized carbons (Fsp3) is 0.412. The molecule has 0 aliphatic rings. The first kappa shape index (κ1) is 13.9. The Morgan fingerprint density at radius 1 is 1.32 bits per heavy atom. The van der Waals surface area contributed by atoms with E-state index in [1.54, 1.807) is 0 Å². The predicted octanol–water partition coefficient (Wildman–Crippen LogP) is 4.11. The Kier molecular flexibility index (Phi) is 4.43. The van der Waals surface area contributed by atoms with E-state index in [4.69, 9.17) is 0 Å². The van der Waals surface area contributed by atoms with E-state index in [9.17, 15) is 0 Å². The minimum absolute atomic E-state index is 0.511. The summed E-state index contributed by atoms with van der Waals surface area (Å²) in [4.78, 5) is 0. The normalized spacial score (nSPS) is 11.4. The summed E-state index contributed by atoms with van der Waals surface area (Å²) in [7, 11) is 0. The van der Waals surface area contributed by atoms with Crippen molar-refractivity contribution >= 4 is 10.9 Å². The summed E-state index contributed by atoms with van der Waals surface area (Å²) in [5.74, 6) is 0. The highest BCUT2D eigenvalue weighted by atomic mass is 15.0. The van der Waals surface area contributed by atoms with Crippen LogP contribution in [0.5, 0.6) is 0 Å². The number of rotatable bonds is 6. The van der Waals surface area contributed by atoms with Gasteiger partial charge in [0.15, 0.2) is 0 Å². The molecular weight excluding hydrogens is 232 g/mol. The molecule has 1 N–H and O–H groups in total. The van der Waals surface area contributed by atoms with Crippen LogP contribution in [0.1, 0.15) is 32.8 Å². The van der Waals surface area contributed by atoms with Crippen molar-refractivity contribution in [3.8, 4) is 0 Å². The van der Waals surface area contributed by atoms with E-state index in [1.807, 2.05) is 0 Å². The van der Waals surface area contributed by atoms with E-state index in [2.05, 4.69) is 67.7 Å². The molecule has 2 rings (SSSR count). The average molecular weight is 256 g/mol. The molecule has 0 aliphatic heterocycles. The minimum atomic E-state index is 0.511. The van der Waals surface area contributed by atoms with Gasteiger partial charge < -0.3 is 9.88 Å².